The van der Waals surface area contributed by atoms with Crippen molar-refractivity contribution in [3.05, 3.63) is 29.8 Å². The van der Waals surface area contributed by atoms with Gasteiger partial charge >= 0.3 is 6.03 Å². The maximum Gasteiger partial charge on any atom is 0.315 e. The van der Waals surface area contributed by atoms with Gasteiger partial charge in [-0.1, -0.05) is 19.1 Å². The summed E-state index contributed by atoms with van der Waals surface area (Å²) in [5, 5.41) is 5.80. The molecule has 1 heterocycles. The molecule has 0 unspecified atom stereocenters. The summed E-state index contributed by atoms with van der Waals surface area (Å²) in [7, 11) is 3.98. The van der Waals surface area contributed by atoms with Crippen LogP contribution >= 0.6 is 0 Å². The van der Waals surface area contributed by atoms with Crippen LogP contribution in [0.1, 0.15) is 25.3 Å². The lowest BCUT2D eigenvalue weighted by atomic mass is 10.2. The molecule has 1 aliphatic heterocycles. The number of amides is 3. The highest BCUT2D eigenvalue weighted by Crippen LogP contribution is 2.37. The van der Waals surface area contributed by atoms with Gasteiger partial charge in [0.05, 0.1) is 6.04 Å². The number of nitrogens with zero attached hydrogens (tertiary/aromatic N) is 2. The van der Waals surface area contributed by atoms with Gasteiger partial charge in [0, 0.05) is 45.3 Å². The third-order valence-corrected chi connectivity index (χ3v) is 4.84. The van der Waals surface area contributed by atoms with E-state index in [-0.39, 0.29) is 18.0 Å². The van der Waals surface area contributed by atoms with Crippen molar-refractivity contribution in [2.24, 2.45) is 5.92 Å². The van der Waals surface area contributed by atoms with Gasteiger partial charge in [0.2, 0.25) is 5.91 Å². The smallest absolute Gasteiger partial charge is 0.315 e. The number of anilines is 1. The molecule has 2 N–H and O–H groups in total. The summed E-state index contributed by atoms with van der Waals surface area (Å²) >= 11 is 0. The summed E-state index contributed by atoms with van der Waals surface area (Å²) in [6, 6.07) is 8.14. The summed E-state index contributed by atoms with van der Waals surface area (Å²) in [5.41, 5.74) is 2.15. The summed E-state index contributed by atoms with van der Waals surface area (Å²) in [4.78, 5) is 28.1. The minimum absolute atomic E-state index is 0.0848. The zero-order valence-electron chi connectivity index (χ0n) is 14.6. The number of carbonyl (C=O) groups excluding carboxylic acids is 2. The van der Waals surface area contributed by atoms with Crippen LogP contribution in [0.15, 0.2) is 24.3 Å². The van der Waals surface area contributed by atoms with Gasteiger partial charge in [0.25, 0.3) is 0 Å². The second-order valence-electron chi connectivity index (χ2n) is 7.12. The third kappa shape index (κ3) is 3.80. The van der Waals surface area contributed by atoms with Gasteiger partial charge in [-0.3, -0.25) is 4.79 Å². The first-order valence-corrected chi connectivity index (χ1v) is 8.54. The van der Waals surface area contributed by atoms with E-state index >= 15 is 0 Å². The van der Waals surface area contributed by atoms with Crippen molar-refractivity contribution in [1.29, 1.82) is 0 Å². The van der Waals surface area contributed by atoms with Gasteiger partial charge in [-0.15, -0.1) is 0 Å². The van der Waals surface area contributed by atoms with Gasteiger partial charge in [-0.25, -0.2) is 4.79 Å². The molecular weight excluding hydrogens is 304 g/mol. The summed E-state index contributed by atoms with van der Waals surface area (Å²) < 4.78 is 0. The van der Waals surface area contributed by atoms with Crippen molar-refractivity contribution < 1.29 is 9.59 Å². The van der Waals surface area contributed by atoms with Gasteiger partial charge in [0.1, 0.15) is 0 Å². The Morgan fingerprint density at radius 3 is 2.79 bits per heavy atom. The average molecular weight is 330 g/mol. The molecule has 24 heavy (non-hydrogen) atoms. The van der Waals surface area contributed by atoms with Gasteiger partial charge in [-0.05, 0) is 30.0 Å². The minimum Gasteiger partial charge on any atom is -0.378 e. The van der Waals surface area contributed by atoms with E-state index in [1.165, 1.54) is 0 Å². The summed E-state index contributed by atoms with van der Waals surface area (Å²) in [6.07, 6.45) is 1.50. The van der Waals surface area contributed by atoms with Gasteiger partial charge in [-0.2, -0.15) is 0 Å². The van der Waals surface area contributed by atoms with E-state index in [2.05, 4.69) is 23.6 Å². The minimum atomic E-state index is -0.214. The largest absolute Gasteiger partial charge is 0.378 e. The lowest BCUT2D eigenvalue weighted by Crippen LogP contribution is -2.43. The van der Waals surface area contributed by atoms with Crippen LogP contribution in [0, 0.1) is 5.92 Å². The first-order chi connectivity index (χ1) is 11.4. The quantitative estimate of drug-likeness (QED) is 0.861. The normalized spacial score (nSPS) is 25.5. The molecule has 1 saturated carbocycles. The van der Waals surface area contributed by atoms with Crippen LogP contribution in [0.4, 0.5) is 10.5 Å². The number of rotatable bonds is 5. The van der Waals surface area contributed by atoms with Crippen molar-refractivity contribution in [3.8, 4) is 0 Å². The van der Waals surface area contributed by atoms with Crippen molar-refractivity contribution in [1.82, 2.24) is 15.5 Å². The Morgan fingerprint density at radius 1 is 1.38 bits per heavy atom. The fourth-order valence-corrected chi connectivity index (χ4v) is 3.25. The maximum absolute atomic E-state index is 12.1. The lowest BCUT2D eigenvalue weighted by molar-refractivity contribution is -0.128. The predicted molar refractivity (Wildman–Crippen MR) is 93.8 cm³/mol. The first kappa shape index (κ1) is 16.6. The zero-order valence-corrected chi connectivity index (χ0v) is 14.6. The first-order valence-electron chi connectivity index (χ1n) is 8.54. The molecule has 1 aromatic rings. The maximum atomic E-state index is 12.1. The van der Waals surface area contributed by atoms with Crippen molar-refractivity contribution in [2.75, 3.05) is 25.5 Å². The van der Waals surface area contributed by atoms with E-state index in [1.54, 1.807) is 0 Å². The van der Waals surface area contributed by atoms with E-state index in [9.17, 15) is 9.59 Å². The number of hydrogen-bond acceptors (Lipinski definition) is 3. The van der Waals surface area contributed by atoms with Crippen LogP contribution < -0.4 is 15.5 Å². The topological polar surface area (TPSA) is 64.7 Å². The van der Waals surface area contributed by atoms with E-state index in [4.69, 9.17) is 0 Å². The van der Waals surface area contributed by atoms with Crippen LogP contribution in [-0.4, -0.2) is 49.6 Å². The van der Waals surface area contributed by atoms with Crippen LogP contribution in [0.5, 0.6) is 0 Å². The molecule has 6 nitrogen and oxygen atoms in total. The molecular formula is C18H26N4O2. The molecule has 3 rings (SSSR count). The molecule has 3 atom stereocenters. The van der Waals surface area contributed by atoms with Crippen molar-refractivity contribution in [2.45, 2.75) is 38.4 Å². The average Bonchev–Trinajstić information content (AvgIpc) is 3.15. The highest BCUT2D eigenvalue weighted by atomic mass is 16.2. The Kier molecular flexibility index (Phi) is 4.64. The SMILES string of the molecule is C[C@@H]1C[C@@H]1N1C[C@@H](NC(=O)NCc2cccc(N(C)C)c2)CC1=O. The summed E-state index contributed by atoms with van der Waals surface area (Å²) in [5.74, 6) is 0.763. The predicted octanol–water partition coefficient (Wildman–Crippen LogP) is 1.56. The van der Waals surface area contributed by atoms with Crippen LogP contribution in [0.25, 0.3) is 0 Å². The Labute approximate surface area is 143 Å². The Bertz CT molecular complexity index is 631. The Hall–Kier alpha value is -2.24. The van der Waals surface area contributed by atoms with E-state index in [1.807, 2.05) is 42.1 Å². The van der Waals surface area contributed by atoms with E-state index < -0.39 is 0 Å². The van der Waals surface area contributed by atoms with Crippen molar-refractivity contribution in [3.63, 3.8) is 0 Å². The van der Waals surface area contributed by atoms with Crippen molar-refractivity contribution >= 4 is 17.6 Å². The Morgan fingerprint density at radius 2 is 2.12 bits per heavy atom. The molecule has 1 aliphatic carbocycles. The second-order valence-corrected chi connectivity index (χ2v) is 7.12. The number of likely N-dealkylation sites (tertiary alicyclic amines) is 1. The lowest BCUT2D eigenvalue weighted by Gasteiger charge is -2.17. The van der Waals surface area contributed by atoms with Gasteiger partial charge in [0.15, 0.2) is 0 Å². The number of nitrogens with one attached hydrogen (secondary N) is 2. The second kappa shape index (κ2) is 6.71. The highest BCUT2D eigenvalue weighted by Gasteiger charge is 2.44. The number of hydrogen-bond donors (Lipinski definition) is 2. The molecule has 0 aromatic heterocycles. The molecule has 2 aliphatic rings. The number of benzene rings is 1. The fraction of sp³-hybridized carbons (Fsp3) is 0.556. The third-order valence-electron chi connectivity index (χ3n) is 4.84. The monoisotopic (exact) mass is 330 g/mol. The van der Waals surface area contributed by atoms with Crippen LogP contribution in [0.3, 0.4) is 0 Å². The zero-order chi connectivity index (χ0) is 17.3. The van der Waals surface area contributed by atoms with Crippen LogP contribution in [-0.2, 0) is 11.3 Å². The molecule has 0 radical (unpaired) electrons. The number of carbonyl (C=O) groups is 2. The highest BCUT2D eigenvalue weighted by molar-refractivity contribution is 5.82. The molecule has 0 spiro atoms. The molecule has 1 saturated heterocycles. The molecule has 0 bridgehead atoms. The fourth-order valence-electron chi connectivity index (χ4n) is 3.25. The Balaban J connectivity index is 1.46. The summed E-state index contributed by atoms with van der Waals surface area (Å²) in [6.45, 7) is 3.27. The van der Waals surface area contributed by atoms with E-state index in [0.29, 0.717) is 31.5 Å². The molecule has 3 amide bonds. The van der Waals surface area contributed by atoms with Crippen LogP contribution in [0.2, 0.25) is 0 Å². The van der Waals surface area contributed by atoms with Gasteiger partial charge < -0.3 is 20.4 Å². The molecule has 2 fully saturated rings. The molecule has 130 valence electrons. The van der Waals surface area contributed by atoms with E-state index in [0.717, 1.165) is 17.7 Å². The molecule has 6 heteroatoms. The molecule has 1 aromatic carbocycles. The standard InChI is InChI=1S/C18H26N4O2/c1-12-7-16(12)22-11-14(9-17(22)23)20-18(24)19-10-13-5-4-6-15(8-13)21(2)3/h4-6,8,12,14,16H,7,9-11H2,1-3H3,(H2,19,20,24)/t12-,14+,16+/m1/s1. The number of urea groups is 1.